The van der Waals surface area contributed by atoms with Crippen molar-refractivity contribution in [1.82, 2.24) is 14.4 Å². The van der Waals surface area contributed by atoms with E-state index < -0.39 is 0 Å². The average molecular weight is 389 g/mol. The number of rotatable bonds is 5. The third-order valence-electron chi connectivity index (χ3n) is 6.64. The number of hydrogen-bond acceptors (Lipinski definition) is 5. The summed E-state index contributed by atoms with van der Waals surface area (Å²) in [5.41, 5.74) is 1.46. The highest BCUT2D eigenvalue weighted by atomic mass is 16.5. The minimum atomic E-state index is -0.177. The summed E-state index contributed by atoms with van der Waals surface area (Å²) in [5, 5.41) is 2.76. The predicted molar refractivity (Wildman–Crippen MR) is 109 cm³/mol. The predicted octanol–water partition coefficient (Wildman–Crippen LogP) is 1.34. The van der Waals surface area contributed by atoms with Gasteiger partial charge in [0.2, 0.25) is 5.91 Å². The van der Waals surface area contributed by atoms with Crippen molar-refractivity contribution in [2.24, 2.45) is 5.92 Å². The second-order valence-electron chi connectivity index (χ2n) is 8.67. The number of likely N-dealkylation sites (tertiary alicyclic amines) is 2. The SMILES string of the molecule is COCCC(=O)Nc1ccc2n(c1=O)C[C@@H]1C[C@@H]2CN(C2CCN(C)CC2)C1. The smallest absolute Gasteiger partial charge is 0.274 e. The van der Waals surface area contributed by atoms with E-state index in [2.05, 4.69) is 22.2 Å². The molecule has 28 heavy (non-hydrogen) atoms. The minimum Gasteiger partial charge on any atom is -0.384 e. The van der Waals surface area contributed by atoms with Crippen LogP contribution in [0.1, 0.15) is 37.3 Å². The van der Waals surface area contributed by atoms with Gasteiger partial charge in [-0.15, -0.1) is 0 Å². The molecular weight excluding hydrogens is 356 g/mol. The summed E-state index contributed by atoms with van der Waals surface area (Å²) in [7, 11) is 3.77. The number of pyridine rings is 1. The molecule has 3 aliphatic heterocycles. The Morgan fingerprint density at radius 3 is 2.75 bits per heavy atom. The average Bonchev–Trinajstić information content (AvgIpc) is 2.69. The van der Waals surface area contributed by atoms with Crippen molar-refractivity contribution < 1.29 is 9.53 Å². The molecule has 7 heteroatoms. The van der Waals surface area contributed by atoms with Crippen LogP contribution in [0.2, 0.25) is 0 Å². The van der Waals surface area contributed by atoms with Crippen molar-refractivity contribution >= 4 is 11.6 Å². The molecule has 0 aliphatic carbocycles. The first-order valence-electron chi connectivity index (χ1n) is 10.5. The van der Waals surface area contributed by atoms with E-state index in [1.807, 2.05) is 10.6 Å². The fourth-order valence-electron chi connectivity index (χ4n) is 5.14. The number of nitrogens with one attached hydrogen (secondary N) is 1. The molecule has 0 unspecified atom stereocenters. The Labute approximate surface area is 166 Å². The van der Waals surface area contributed by atoms with Crippen LogP contribution >= 0.6 is 0 Å². The number of methoxy groups -OCH3 is 1. The molecule has 1 amide bonds. The van der Waals surface area contributed by atoms with Crippen LogP contribution in [0.15, 0.2) is 16.9 Å². The standard InChI is InChI=1S/C21H32N4O3/c1-23-8-5-17(6-9-23)24-12-15-11-16(14-24)19-4-3-18(21(27)25(19)13-15)22-20(26)7-10-28-2/h3-4,15-17H,5-14H2,1-2H3,(H,22,26)/t15-,16-/m1/s1. The number of amides is 1. The number of anilines is 1. The van der Waals surface area contributed by atoms with Crippen LogP contribution < -0.4 is 10.9 Å². The molecule has 2 atom stereocenters. The van der Waals surface area contributed by atoms with Gasteiger partial charge in [-0.1, -0.05) is 0 Å². The van der Waals surface area contributed by atoms with E-state index in [-0.39, 0.29) is 17.9 Å². The molecule has 154 valence electrons. The number of fused-ring (bicyclic) bond motifs is 4. The molecule has 2 fully saturated rings. The maximum Gasteiger partial charge on any atom is 0.274 e. The molecule has 0 spiro atoms. The molecule has 0 saturated carbocycles. The summed E-state index contributed by atoms with van der Waals surface area (Å²) in [5.74, 6) is 0.755. The Hall–Kier alpha value is -1.70. The van der Waals surface area contributed by atoms with Crippen LogP contribution in [0.25, 0.3) is 0 Å². The molecule has 0 radical (unpaired) electrons. The number of aromatic nitrogens is 1. The van der Waals surface area contributed by atoms with Crippen molar-refractivity contribution in [3.05, 3.63) is 28.2 Å². The van der Waals surface area contributed by atoms with Gasteiger partial charge in [0.15, 0.2) is 0 Å². The second kappa shape index (κ2) is 8.35. The van der Waals surface area contributed by atoms with Crippen LogP contribution in [0.5, 0.6) is 0 Å². The number of carbonyl (C=O) groups excluding carboxylic acids is 1. The van der Waals surface area contributed by atoms with Gasteiger partial charge in [0.05, 0.1) is 13.0 Å². The van der Waals surface area contributed by atoms with Gasteiger partial charge in [-0.05, 0) is 57.5 Å². The van der Waals surface area contributed by atoms with Crippen molar-refractivity contribution in [3.8, 4) is 0 Å². The first-order valence-corrected chi connectivity index (χ1v) is 10.5. The van der Waals surface area contributed by atoms with E-state index in [9.17, 15) is 9.59 Å². The minimum absolute atomic E-state index is 0.0642. The molecule has 1 N–H and O–H groups in total. The highest BCUT2D eigenvalue weighted by Crippen LogP contribution is 2.37. The van der Waals surface area contributed by atoms with E-state index in [4.69, 9.17) is 4.74 Å². The highest BCUT2D eigenvalue weighted by molar-refractivity contribution is 5.90. The zero-order valence-corrected chi connectivity index (χ0v) is 17.0. The lowest BCUT2D eigenvalue weighted by Crippen LogP contribution is -2.53. The Morgan fingerprint density at radius 1 is 1.21 bits per heavy atom. The topological polar surface area (TPSA) is 66.8 Å². The molecule has 4 rings (SSSR count). The fourth-order valence-corrected chi connectivity index (χ4v) is 5.14. The van der Waals surface area contributed by atoms with Crippen LogP contribution in [0, 0.1) is 5.92 Å². The number of ether oxygens (including phenoxy) is 1. The quantitative estimate of drug-likeness (QED) is 0.825. The maximum absolute atomic E-state index is 13.0. The Bertz CT molecular complexity index is 769. The summed E-state index contributed by atoms with van der Waals surface area (Å²) in [4.78, 5) is 30.0. The summed E-state index contributed by atoms with van der Waals surface area (Å²) in [6.07, 6.45) is 3.92. The molecular formula is C21H32N4O3. The normalized spacial score (nSPS) is 26.1. The van der Waals surface area contributed by atoms with Crippen LogP contribution in [-0.4, -0.2) is 73.3 Å². The monoisotopic (exact) mass is 388 g/mol. The van der Waals surface area contributed by atoms with E-state index >= 15 is 0 Å². The first kappa shape index (κ1) is 19.6. The number of carbonyl (C=O) groups is 1. The lowest BCUT2D eigenvalue weighted by molar-refractivity contribution is -0.117. The molecule has 2 bridgehead atoms. The van der Waals surface area contributed by atoms with Crippen molar-refractivity contribution in [1.29, 1.82) is 0 Å². The Balaban J connectivity index is 1.49. The fraction of sp³-hybridized carbons (Fsp3) is 0.714. The van der Waals surface area contributed by atoms with Crippen LogP contribution in [0.3, 0.4) is 0 Å². The lowest BCUT2D eigenvalue weighted by Gasteiger charge is -2.47. The number of hydrogen-bond donors (Lipinski definition) is 1. The molecule has 1 aromatic heterocycles. The number of nitrogens with zero attached hydrogens (tertiary/aromatic N) is 3. The Morgan fingerprint density at radius 2 is 2.00 bits per heavy atom. The van der Waals surface area contributed by atoms with E-state index in [1.54, 1.807) is 13.2 Å². The van der Waals surface area contributed by atoms with Gasteiger partial charge in [0, 0.05) is 44.4 Å². The van der Waals surface area contributed by atoms with Gasteiger partial charge in [0.25, 0.3) is 5.56 Å². The highest BCUT2D eigenvalue weighted by Gasteiger charge is 2.37. The zero-order valence-electron chi connectivity index (χ0n) is 17.0. The first-order chi connectivity index (χ1) is 13.5. The molecule has 3 aliphatic rings. The summed E-state index contributed by atoms with van der Waals surface area (Å²) in [6.45, 7) is 5.60. The number of piperidine rings is 2. The largest absolute Gasteiger partial charge is 0.384 e. The molecule has 4 heterocycles. The van der Waals surface area contributed by atoms with Crippen molar-refractivity contribution in [2.75, 3.05) is 52.3 Å². The van der Waals surface area contributed by atoms with Gasteiger partial charge in [-0.3, -0.25) is 14.5 Å². The summed E-state index contributed by atoms with van der Waals surface area (Å²) >= 11 is 0. The molecule has 2 saturated heterocycles. The van der Waals surface area contributed by atoms with E-state index in [1.165, 1.54) is 32.4 Å². The summed E-state index contributed by atoms with van der Waals surface area (Å²) < 4.78 is 6.85. The third kappa shape index (κ3) is 4.02. The van der Waals surface area contributed by atoms with Crippen molar-refractivity contribution in [2.45, 2.75) is 44.2 Å². The summed E-state index contributed by atoms with van der Waals surface area (Å²) in [6, 6.07) is 4.51. The third-order valence-corrected chi connectivity index (χ3v) is 6.64. The van der Waals surface area contributed by atoms with Gasteiger partial charge in [-0.25, -0.2) is 0 Å². The Kier molecular flexibility index (Phi) is 5.85. The van der Waals surface area contributed by atoms with Crippen LogP contribution in [0.4, 0.5) is 5.69 Å². The van der Waals surface area contributed by atoms with Gasteiger partial charge in [0.1, 0.15) is 5.69 Å². The van der Waals surface area contributed by atoms with E-state index in [0.29, 0.717) is 30.2 Å². The van der Waals surface area contributed by atoms with Crippen molar-refractivity contribution in [3.63, 3.8) is 0 Å². The second-order valence-corrected chi connectivity index (χ2v) is 8.67. The molecule has 7 nitrogen and oxygen atoms in total. The zero-order chi connectivity index (χ0) is 19.7. The van der Waals surface area contributed by atoms with E-state index in [0.717, 1.165) is 25.3 Å². The van der Waals surface area contributed by atoms with Crippen LogP contribution in [-0.2, 0) is 16.1 Å². The lowest BCUT2D eigenvalue weighted by atomic mass is 9.82. The maximum atomic E-state index is 13.0. The molecule has 1 aromatic rings. The van der Waals surface area contributed by atoms with Gasteiger partial charge in [-0.2, -0.15) is 0 Å². The van der Waals surface area contributed by atoms with Gasteiger partial charge < -0.3 is 19.5 Å². The molecule has 0 aromatic carbocycles. The van der Waals surface area contributed by atoms with Gasteiger partial charge >= 0.3 is 0 Å².